The molecule has 3 amide bonds. The van der Waals surface area contributed by atoms with Crippen molar-refractivity contribution in [3.63, 3.8) is 0 Å². The number of carbonyl (C=O) groups is 3. The Hall–Kier alpha value is -3.52. The highest BCUT2D eigenvalue weighted by Crippen LogP contribution is 2.32. The zero-order valence-corrected chi connectivity index (χ0v) is 19.4. The number of halogens is 1. The Morgan fingerprint density at radius 2 is 1.79 bits per heavy atom. The van der Waals surface area contributed by atoms with Crippen LogP contribution in [0, 0.1) is 0 Å². The van der Waals surface area contributed by atoms with Crippen molar-refractivity contribution >= 4 is 35.2 Å². The minimum atomic E-state index is -0.656. The normalized spacial score (nSPS) is 15.7. The summed E-state index contributed by atoms with van der Waals surface area (Å²) in [4.78, 5) is 38.9. The van der Waals surface area contributed by atoms with Crippen LogP contribution >= 0.6 is 11.6 Å². The number of carbonyl (C=O) groups excluding carboxylic acids is 3. The van der Waals surface area contributed by atoms with Crippen molar-refractivity contribution in [3.8, 4) is 5.75 Å². The van der Waals surface area contributed by atoms with Crippen molar-refractivity contribution in [1.29, 1.82) is 0 Å². The molecular formula is C24H26ClN3O5. The second kappa shape index (κ2) is 10.9. The minimum absolute atomic E-state index is 0.163. The summed E-state index contributed by atoms with van der Waals surface area (Å²) in [5.41, 5.74) is 2.18. The van der Waals surface area contributed by atoms with Gasteiger partial charge in [0.15, 0.2) is 6.61 Å². The van der Waals surface area contributed by atoms with Crippen LogP contribution in [0.2, 0.25) is 5.02 Å². The van der Waals surface area contributed by atoms with Crippen molar-refractivity contribution in [2.75, 3.05) is 25.6 Å². The monoisotopic (exact) mass is 471 g/mol. The van der Waals surface area contributed by atoms with E-state index in [2.05, 4.69) is 10.6 Å². The molecule has 0 saturated carbocycles. The smallest absolute Gasteiger partial charge is 0.337 e. The van der Waals surface area contributed by atoms with Crippen LogP contribution in [0.5, 0.6) is 5.75 Å². The lowest BCUT2D eigenvalue weighted by atomic mass is 9.94. The van der Waals surface area contributed by atoms with Crippen LogP contribution in [-0.2, 0) is 14.3 Å². The van der Waals surface area contributed by atoms with E-state index in [0.717, 1.165) is 6.42 Å². The number of hydrogen-bond acceptors (Lipinski definition) is 5. The van der Waals surface area contributed by atoms with E-state index in [4.69, 9.17) is 21.1 Å². The van der Waals surface area contributed by atoms with Gasteiger partial charge in [0, 0.05) is 23.0 Å². The average molecular weight is 472 g/mol. The van der Waals surface area contributed by atoms with Gasteiger partial charge in [-0.05, 0) is 55.3 Å². The van der Waals surface area contributed by atoms with Crippen molar-refractivity contribution < 1.29 is 23.9 Å². The standard InChI is InChI=1S/C24H26ClN3O5/c1-4-13-28-15(2)21(23(30)32-3)22(27-24(28)31)16-5-9-18(10-6-16)26-20(29)14-33-19-11-7-17(25)8-12-19/h5-12,22H,4,13-14H2,1-3H3,(H,26,29)(H,27,31)/t22-/m1/s1. The molecule has 0 radical (unpaired) electrons. The van der Waals surface area contributed by atoms with E-state index < -0.39 is 12.0 Å². The van der Waals surface area contributed by atoms with Gasteiger partial charge in [0.05, 0.1) is 18.7 Å². The first-order valence-electron chi connectivity index (χ1n) is 10.5. The predicted octanol–water partition coefficient (Wildman–Crippen LogP) is 4.28. The molecule has 0 spiro atoms. The fraction of sp³-hybridized carbons (Fsp3) is 0.292. The number of esters is 1. The Labute approximate surface area is 197 Å². The highest BCUT2D eigenvalue weighted by molar-refractivity contribution is 6.30. The molecule has 2 aromatic rings. The van der Waals surface area contributed by atoms with Gasteiger partial charge in [0.25, 0.3) is 5.91 Å². The number of ether oxygens (including phenoxy) is 2. The maximum Gasteiger partial charge on any atom is 0.337 e. The summed E-state index contributed by atoms with van der Waals surface area (Å²) in [5, 5.41) is 6.21. The second-order valence-electron chi connectivity index (χ2n) is 7.44. The lowest BCUT2D eigenvalue weighted by Gasteiger charge is -2.35. The van der Waals surface area contributed by atoms with Gasteiger partial charge in [-0.15, -0.1) is 0 Å². The highest BCUT2D eigenvalue weighted by Gasteiger charge is 2.35. The molecular weight excluding hydrogens is 446 g/mol. The molecule has 0 bridgehead atoms. The number of nitrogens with zero attached hydrogens (tertiary/aromatic N) is 1. The largest absolute Gasteiger partial charge is 0.484 e. The second-order valence-corrected chi connectivity index (χ2v) is 7.87. The molecule has 0 unspecified atom stereocenters. The van der Waals surface area contributed by atoms with Gasteiger partial charge >= 0.3 is 12.0 Å². The zero-order chi connectivity index (χ0) is 24.0. The van der Waals surface area contributed by atoms with E-state index in [0.29, 0.717) is 39.8 Å². The summed E-state index contributed by atoms with van der Waals surface area (Å²) >= 11 is 5.83. The van der Waals surface area contributed by atoms with E-state index in [1.54, 1.807) is 55.5 Å². The quantitative estimate of drug-likeness (QED) is 0.560. The number of nitrogens with one attached hydrogen (secondary N) is 2. The van der Waals surface area contributed by atoms with Crippen molar-refractivity contribution in [3.05, 3.63) is 70.4 Å². The molecule has 8 nitrogen and oxygen atoms in total. The third-order valence-electron chi connectivity index (χ3n) is 5.16. The molecule has 9 heteroatoms. The lowest BCUT2D eigenvalue weighted by molar-refractivity contribution is -0.136. The first-order valence-corrected chi connectivity index (χ1v) is 10.9. The first-order chi connectivity index (χ1) is 15.8. The number of allylic oxidation sites excluding steroid dienone is 1. The van der Waals surface area contributed by atoms with Gasteiger partial charge in [-0.25, -0.2) is 9.59 Å². The number of urea groups is 1. The molecule has 0 aromatic heterocycles. The molecule has 2 N–H and O–H groups in total. The molecule has 3 rings (SSSR count). The molecule has 2 aromatic carbocycles. The molecule has 1 heterocycles. The first kappa shape index (κ1) is 24.1. The third-order valence-corrected chi connectivity index (χ3v) is 5.41. The van der Waals surface area contributed by atoms with Gasteiger partial charge in [-0.1, -0.05) is 30.7 Å². The Balaban J connectivity index is 1.71. The summed E-state index contributed by atoms with van der Waals surface area (Å²) in [6.07, 6.45) is 0.750. The molecule has 33 heavy (non-hydrogen) atoms. The molecule has 1 atom stereocenters. The van der Waals surface area contributed by atoms with Crippen LogP contribution < -0.4 is 15.4 Å². The van der Waals surface area contributed by atoms with Gasteiger partial charge in [0.2, 0.25) is 0 Å². The Kier molecular flexibility index (Phi) is 7.95. The van der Waals surface area contributed by atoms with E-state index >= 15 is 0 Å². The maximum atomic E-state index is 12.6. The number of methoxy groups -OCH3 is 1. The van der Waals surface area contributed by atoms with Crippen LogP contribution in [0.3, 0.4) is 0 Å². The van der Waals surface area contributed by atoms with Gasteiger partial charge in [-0.2, -0.15) is 0 Å². The van der Waals surface area contributed by atoms with Crippen LogP contribution in [0.4, 0.5) is 10.5 Å². The van der Waals surface area contributed by atoms with Crippen LogP contribution in [0.25, 0.3) is 0 Å². The average Bonchev–Trinajstić information content (AvgIpc) is 2.81. The van der Waals surface area contributed by atoms with E-state index in [1.807, 2.05) is 6.92 Å². The summed E-state index contributed by atoms with van der Waals surface area (Å²) in [7, 11) is 1.31. The number of rotatable bonds is 8. The SMILES string of the molecule is CCCN1C(=O)N[C@H](c2ccc(NC(=O)COc3ccc(Cl)cc3)cc2)C(C(=O)OC)=C1C. The Bertz CT molecular complexity index is 1050. The van der Waals surface area contributed by atoms with Gasteiger partial charge in [-0.3, -0.25) is 9.69 Å². The van der Waals surface area contributed by atoms with E-state index in [1.165, 1.54) is 12.0 Å². The number of anilines is 1. The molecule has 0 aliphatic carbocycles. The predicted molar refractivity (Wildman–Crippen MR) is 125 cm³/mol. The topological polar surface area (TPSA) is 97.0 Å². The summed E-state index contributed by atoms with van der Waals surface area (Å²) < 4.78 is 10.4. The zero-order valence-electron chi connectivity index (χ0n) is 18.7. The van der Waals surface area contributed by atoms with E-state index in [9.17, 15) is 14.4 Å². The van der Waals surface area contributed by atoms with Gasteiger partial charge < -0.3 is 20.1 Å². The van der Waals surface area contributed by atoms with Crippen LogP contribution in [-0.4, -0.2) is 43.1 Å². The number of amides is 3. The van der Waals surface area contributed by atoms with Crippen LogP contribution in [0.15, 0.2) is 59.8 Å². The summed E-state index contributed by atoms with van der Waals surface area (Å²) in [6.45, 7) is 4.03. The fourth-order valence-electron chi connectivity index (χ4n) is 3.53. The van der Waals surface area contributed by atoms with Crippen molar-refractivity contribution in [2.45, 2.75) is 26.3 Å². The molecule has 1 aliphatic rings. The minimum Gasteiger partial charge on any atom is -0.484 e. The molecule has 174 valence electrons. The summed E-state index contributed by atoms with van der Waals surface area (Å²) in [5.74, 6) is -0.298. The van der Waals surface area contributed by atoms with Crippen molar-refractivity contribution in [2.24, 2.45) is 0 Å². The lowest BCUT2D eigenvalue weighted by Crippen LogP contribution is -2.48. The van der Waals surface area contributed by atoms with Crippen LogP contribution in [0.1, 0.15) is 31.9 Å². The van der Waals surface area contributed by atoms with E-state index in [-0.39, 0.29) is 18.5 Å². The summed E-state index contributed by atoms with van der Waals surface area (Å²) in [6, 6.07) is 12.7. The third kappa shape index (κ3) is 5.84. The highest BCUT2D eigenvalue weighted by atomic mass is 35.5. The Morgan fingerprint density at radius 1 is 1.12 bits per heavy atom. The molecule has 1 aliphatic heterocycles. The Morgan fingerprint density at radius 3 is 2.39 bits per heavy atom. The number of hydrogen-bond donors (Lipinski definition) is 2. The van der Waals surface area contributed by atoms with Gasteiger partial charge in [0.1, 0.15) is 5.75 Å². The fourth-order valence-corrected chi connectivity index (χ4v) is 3.66. The molecule has 0 fully saturated rings. The molecule has 0 saturated heterocycles. The van der Waals surface area contributed by atoms with Crippen molar-refractivity contribution in [1.82, 2.24) is 10.2 Å². The maximum absolute atomic E-state index is 12.6. The number of benzene rings is 2.